The average molecular weight is 305 g/mol. The Kier molecular flexibility index (Phi) is 3.44. The van der Waals surface area contributed by atoms with Gasteiger partial charge in [-0.05, 0) is 17.7 Å². The minimum Gasteiger partial charge on any atom is -0.508 e. The number of phenolic OH excluding ortho intramolecular Hbond substituents is 3. The lowest BCUT2D eigenvalue weighted by atomic mass is 9.94. The summed E-state index contributed by atoms with van der Waals surface area (Å²) in [6.45, 7) is 0. The second kappa shape index (κ2) is 5.28. The van der Waals surface area contributed by atoms with Gasteiger partial charge in [0.2, 0.25) is 0 Å². The number of fused-ring (bicyclic) bond motifs is 1. The Morgan fingerprint density at radius 2 is 1.86 bits per heavy atom. The third kappa shape index (κ3) is 2.36. The fraction of sp³-hybridized carbons (Fsp3) is 0.200. The molecule has 2 aromatic carbocycles. The van der Waals surface area contributed by atoms with Crippen LogP contribution in [0.3, 0.4) is 0 Å². The molecule has 0 amide bonds. The predicted molar refractivity (Wildman–Crippen MR) is 75.8 cm³/mol. The molecule has 1 aliphatic heterocycles. The van der Waals surface area contributed by atoms with Crippen LogP contribution in [-0.2, 0) is 6.42 Å². The van der Waals surface area contributed by atoms with Gasteiger partial charge in [0.05, 0.1) is 6.10 Å². The van der Waals surface area contributed by atoms with Crippen molar-refractivity contribution in [3.05, 3.63) is 41.5 Å². The summed E-state index contributed by atoms with van der Waals surface area (Å²) in [5, 5.41) is 39.3. The Labute approximate surface area is 125 Å². The molecular formula is C15H15NO6. The molecule has 7 nitrogen and oxygen atoms in total. The highest BCUT2D eigenvalue weighted by Crippen LogP contribution is 2.42. The molecular weight excluding hydrogens is 290 g/mol. The Morgan fingerprint density at radius 3 is 2.55 bits per heavy atom. The Hall–Kier alpha value is -2.64. The summed E-state index contributed by atoms with van der Waals surface area (Å²) in [7, 11) is 0. The van der Waals surface area contributed by atoms with E-state index in [1.54, 1.807) is 6.07 Å². The third-order valence-electron chi connectivity index (χ3n) is 3.63. The van der Waals surface area contributed by atoms with Crippen molar-refractivity contribution in [2.75, 3.05) is 0 Å². The second-order valence-electron chi connectivity index (χ2n) is 5.10. The standard InChI is InChI=1S/C15H15NO6/c16-22-13-2-1-7(3-11(13)19)15-12(20)6-9-10(18)4-8(17)5-14(9)21-15/h1-5,12,15,17-20H,6,16H2/t12-,15-/m1/s1. The Balaban J connectivity index is 1.97. The first-order valence-corrected chi connectivity index (χ1v) is 6.59. The van der Waals surface area contributed by atoms with E-state index in [0.29, 0.717) is 11.1 Å². The molecule has 0 aliphatic carbocycles. The molecule has 0 radical (unpaired) electrons. The van der Waals surface area contributed by atoms with Crippen LogP contribution in [-0.4, -0.2) is 26.5 Å². The SMILES string of the molecule is NOc1ccc([C@H]2Oc3cc(O)cc(O)c3C[C@H]2O)cc1O. The molecule has 2 atom stereocenters. The fourth-order valence-electron chi connectivity index (χ4n) is 2.56. The van der Waals surface area contributed by atoms with Crippen LogP contribution in [0.1, 0.15) is 17.2 Å². The van der Waals surface area contributed by atoms with E-state index >= 15 is 0 Å². The largest absolute Gasteiger partial charge is 0.508 e. The van der Waals surface area contributed by atoms with Crippen LogP contribution in [0.4, 0.5) is 0 Å². The number of nitrogens with two attached hydrogens (primary N) is 1. The number of benzene rings is 2. The summed E-state index contributed by atoms with van der Waals surface area (Å²) in [5.74, 6) is 4.94. The Morgan fingerprint density at radius 1 is 1.09 bits per heavy atom. The predicted octanol–water partition coefficient (Wildman–Crippen LogP) is 1.09. The number of hydrogen-bond acceptors (Lipinski definition) is 7. The number of hydrogen-bond donors (Lipinski definition) is 5. The summed E-state index contributed by atoms with van der Waals surface area (Å²) in [6.07, 6.45) is -1.53. The van der Waals surface area contributed by atoms with Crippen molar-refractivity contribution in [3.63, 3.8) is 0 Å². The van der Waals surface area contributed by atoms with Gasteiger partial charge in [0.1, 0.15) is 23.4 Å². The van der Waals surface area contributed by atoms with Crippen molar-refractivity contribution in [3.8, 4) is 28.7 Å². The molecule has 0 saturated carbocycles. The topological polar surface area (TPSA) is 125 Å². The van der Waals surface area contributed by atoms with Crippen LogP contribution < -0.4 is 15.5 Å². The van der Waals surface area contributed by atoms with Gasteiger partial charge in [-0.3, -0.25) is 0 Å². The third-order valence-corrected chi connectivity index (χ3v) is 3.63. The summed E-state index contributed by atoms with van der Waals surface area (Å²) in [4.78, 5) is 4.48. The van der Waals surface area contributed by atoms with E-state index in [1.807, 2.05) is 0 Å². The van der Waals surface area contributed by atoms with Gasteiger partial charge >= 0.3 is 0 Å². The van der Waals surface area contributed by atoms with Crippen molar-refractivity contribution in [1.29, 1.82) is 0 Å². The van der Waals surface area contributed by atoms with Gasteiger partial charge in [-0.15, -0.1) is 0 Å². The van der Waals surface area contributed by atoms with E-state index in [-0.39, 0.29) is 35.2 Å². The summed E-state index contributed by atoms with van der Waals surface area (Å²) < 4.78 is 5.67. The Bertz CT molecular complexity index is 717. The highest BCUT2D eigenvalue weighted by atomic mass is 16.6. The molecule has 6 N–H and O–H groups in total. The maximum absolute atomic E-state index is 10.2. The minimum absolute atomic E-state index is 0.102. The zero-order chi connectivity index (χ0) is 15.9. The number of aromatic hydroxyl groups is 3. The fourth-order valence-corrected chi connectivity index (χ4v) is 2.56. The lowest BCUT2D eigenvalue weighted by Gasteiger charge is -2.31. The number of aliphatic hydroxyl groups is 1. The zero-order valence-electron chi connectivity index (χ0n) is 11.4. The number of aliphatic hydroxyl groups excluding tert-OH is 1. The van der Waals surface area contributed by atoms with Crippen LogP contribution >= 0.6 is 0 Å². The lowest BCUT2D eigenvalue weighted by molar-refractivity contribution is 0.0197. The van der Waals surface area contributed by atoms with E-state index in [0.717, 1.165) is 0 Å². The molecule has 1 heterocycles. The van der Waals surface area contributed by atoms with Crippen LogP contribution in [0, 0.1) is 0 Å². The van der Waals surface area contributed by atoms with Crippen molar-refractivity contribution < 1.29 is 30.0 Å². The van der Waals surface area contributed by atoms with E-state index in [9.17, 15) is 20.4 Å². The van der Waals surface area contributed by atoms with Crippen LogP contribution in [0.15, 0.2) is 30.3 Å². The monoisotopic (exact) mass is 305 g/mol. The van der Waals surface area contributed by atoms with Crippen molar-refractivity contribution in [2.24, 2.45) is 5.90 Å². The van der Waals surface area contributed by atoms with E-state index in [2.05, 4.69) is 4.84 Å². The first kappa shape index (κ1) is 14.3. The van der Waals surface area contributed by atoms with Crippen molar-refractivity contribution >= 4 is 0 Å². The number of rotatable bonds is 2. The molecule has 116 valence electrons. The van der Waals surface area contributed by atoms with Gasteiger partial charge in [-0.2, -0.15) is 5.90 Å². The number of phenols is 3. The molecule has 3 rings (SSSR count). The normalized spacial score (nSPS) is 20.1. The van der Waals surface area contributed by atoms with Gasteiger partial charge in [0.25, 0.3) is 0 Å². The number of ether oxygens (including phenoxy) is 1. The summed E-state index contributed by atoms with van der Waals surface area (Å²) in [6, 6.07) is 6.99. The first-order chi connectivity index (χ1) is 10.5. The van der Waals surface area contributed by atoms with E-state index in [4.69, 9.17) is 10.6 Å². The molecule has 2 aromatic rings. The van der Waals surface area contributed by atoms with Gasteiger partial charge in [-0.1, -0.05) is 6.07 Å². The van der Waals surface area contributed by atoms with Crippen LogP contribution in [0.25, 0.3) is 0 Å². The lowest BCUT2D eigenvalue weighted by Crippen LogP contribution is -2.30. The summed E-state index contributed by atoms with van der Waals surface area (Å²) in [5.41, 5.74) is 0.937. The minimum atomic E-state index is -0.924. The van der Waals surface area contributed by atoms with E-state index < -0.39 is 12.2 Å². The zero-order valence-corrected chi connectivity index (χ0v) is 11.4. The van der Waals surface area contributed by atoms with Crippen molar-refractivity contribution in [1.82, 2.24) is 0 Å². The molecule has 0 fully saturated rings. The molecule has 1 aliphatic rings. The van der Waals surface area contributed by atoms with Gasteiger partial charge in [0, 0.05) is 24.1 Å². The van der Waals surface area contributed by atoms with Gasteiger partial charge in [-0.25, -0.2) is 0 Å². The van der Waals surface area contributed by atoms with Crippen molar-refractivity contribution in [2.45, 2.75) is 18.6 Å². The molecule has 22 heavy (non-hydrogen) atoms. The van der Waals surface area contributed by atoms with E-state index in [1.165, 1.54) is 24.3 Å². The van der Waals surface area contributed by atoms with Crippen LogP contribution in [0.2, 0.25) is 0 Å². The molecule has 7 heteroatoms. The quantitative estimate of drug-likeness (QED) is 0.526. The highest BCUT2D eigenvalue weighted by Gasteiger charge is 2.32. The molecule has 0 spiro atoms. The second-order valence-corrected chi connectivity index (χ2v) is 5.10. The van der Waals surface area contributed by atoms with Gasteiger partial charge < -0.3 is 30.0 Å². The van der Waals surface area contributed by atoms with Gasteiger partial charge in [0.15, 0.2) is 11.5 Å². The average Bonchev–Trinajstić information content (AvgIpc) is 2.47. The smallest absolute Gasteiger partial charge is 0.188 e. The molecule has 0 bridgehead atoms. The highest BCUT2D eigenvalue weighted by molar-refractivity contribution is 5.52. The molecule has 0 saturated heterocycles. The molecule has 0 unspecified atom stereocenters. The molecule has 0 aromatic heterocycles. The maximum atomic E-state index is 10.2. The maximum Gasteiger partial charge on any atom is 0.188 e. The first-order valence-electron chi connectivity index (χ1n) is 6.59. The van der Waals surface area contributed by atoms with Crippen LogP contribution in [0.5, 0.6) is 28.7 Å². The summed E-state index contributed by atoms with van der Waals surface area (Å²) >= 11 is 0.